The quantitative estimate of drug-likeness (QED) is 0.715. The first kappa shape index (κ1) is 15.1. The summed E-state index contributed by atoms with van der Waals surface area (Å²) in [5.41, 5.74) is 5.72. The highest BCUT2D eigenvalue weighted by Gasteiger charge is 2.22. The summed E-state index contributed by atoms with van der Waals surface area (Å²) in [6.07, 6.45) is 1.79. The lowest BCUT2D eigenvalue weighted by Gasteiger charge is -2.14. The minimum Gasteiger partial charge on any atom is -0.312 e. The SMILES string of the molecule is CC(=O)N1CCc2cc(-c3csc(Cc4ccccc4)n3)ccc21. The molecule has 0 N–H and O–H groups in total. The van der Waals surface area contributed by atoms with Crippen LogP contribution in [0.25, 0.3) is 11.3 Å². The van der Waals surface area contributed by atoms with Crippen molar-refractivity contribution >= 4 is 22.9 Å². The van der Waals surface area contributed by atoms with Crippen LogP contribution in [0.5, 0.6) is 0 Å². The van der Waals surface area contributed by atoms with E-state index >= 15 is 0 Å². The van der Waals surface area contributed by atoms with Gasteiger partial charge in [-0.05, 0) is 29.7 Å². The number of thiazole rings is 1. The van der Waals surface area contributed by atoms with Gasteiger partial charge in [-0.25, -0.2) is 4.98 Å². The van der Waals surface area contributed by atoms with E-state index in [0.29, 0.717) is 0 Å². The standard InChI is InChI=1S/C20H18N2OS/c1-14(23)22-10-9-17-12-16(7-8-19(17)22)18-13-24-20(21-18)11-15-5-3-2-4-6-15/h2-8,12-13H,9-11H2,1H3. The molecule has 0 aliphatic carbocycles. The van der Waals surface area contributed by atoms with Gasteiger partial charge < -0.3 is 4.90 Å². The van der Waals surface area contributed by atoms with Crippen molar-refractivity contribution in [3.63, 3.8) is 0 Å². The van der Waals surface area contributed by atoms with Crippen LogP contribution in [0.2, 0.25) is 0 Å². The van der Waals surface area contributed by atoms with E-state index in [1.165, 1.54) is 11.1 Å². The van der Waals surface area contributed by atoms with E-state index < -0.39 is 0 Å². The average Bonchev–Trinajstić information content (AvgIpc) is 3.22. The summed E-state index contributed by atoms with van der Waals surface area (Å²) < 4.78 is 0. The van der Waals surface area contributed by atoms with Crippen molar-refractivity contribution in [3.05, 3.63) is 70.0 Å². The van der Waals surface area contributed by atoms with Crippen LogP contribution in [0, 0.1) is 0 Å². The van der Waals surface area contributed by atoms with Crippen LogP contribution in [0.3, 0.4) is 0 Å². The molecule has 0 unspecified atom stereocenters. The van der Waals surface area contributed by atoms with Crippen molar-refractivity contribution in [2.45, 2.75) is 19.8 Å². The zero-order chi connectivity index (χ0) is 16.5. The lowest BCUT2D eigenvalue weighted by Crippen LogP contribution is -2.25. The minimum atomic E-state index is 0.111. The third-order valence-corrected chi connectivity index (χ3v) is 5.25. The number of carbonyl (C=O) groups is 1. The molecule has 4 rings (SSSR count). The monoisotopic (exact) mass is 334 g/mol. The number of nitrogens with zero attached hydrogens (tertiary/aromatic N) is 2. The molecule has 0 spiro atoms. The lowest BCUT2D eigenvalue weighted by molar-refractivity contribution is -0.116. The fourth-order valence-corrected chi connectivity index (χ4v) is 4.02. The number of aromatic nitrogens is 1. The zero-order valence-electron chi connectivity index (χ0n) is 13.5. The molecule has 0 atom stereocenters. The van der Waals surface area contributed by atoms with Crippen molar-refractivity contribution in [2.75, 3.05) is 11.4 Å². The first-order chi connectivity index (χ1) is 11.7. The van der Waals surface area contributed by atoms with Gasteiger partial charge in [0.25, 0.3) is 0 Å². The van der Waals surface area contributed by atoms with Crippen LogP contribution in [-0.4, -0.2) is 17.4 Å². The molecule has 2 aromatic carbocycles. The second-order valence-electron chi connectivity index (χ2n) is 6.05. The van der Waals surface area contributed by atoms with Crippen molar-refractivity contribution in [1.82, 2.24) is 4.98 Å². The molecule has 0 fully saturated rings. The summed E-state index contributed by atoms with van der Waals surface area (Å²) in [7, 11) is 0. The molecular formula is C20H18N2OS. The minimum absolute atomic E-state index is 0.111. The number of hydrogen-bond donors (Lipinski definition) is 0. The first-order valence-electron chi connectivity index (χ1n) is 8.10. The Labute approximate surface area is 145 Å². The second-order valence-corrected chi connectivity index (χ2v) is 7.00. The van der Waals surface area contributed by atoms with Gasteiger partial charge in [-0.2, -0.15) is 0 Å². The molecule has 24 heavy (non-hydrogen) atoms. The highest BCUT2D eigenvalue weighted by Crippen LogP contribution is 2.33. The first-order valence-corrected chi connectivity index (χ1v) is 8.98. The maximum atomic E-state index is 11.7. The number of hydrogen-bond acceptors (Lipinski definition) is 3. The summed E-state index contributed by atoms with van der Waals surface area (Å²) in [5.74, 6) is 0.111. The summed E-state index contributed by atoms with van der Waals surface area (Å²) in [4.78, 5) is 18.3. The molecule has 1 amide bonds. The van der Waals surface area contributed by atoms with Gasteiger partial charge in [0.2, 0.25) is 5.91 Å². The topological polar surface area (TPSA) is 33.2 Å². The van der Waals surface area contributed by atoms with Crippen LogP contribution in [0.1, 0.15) is 23.1 Å². The smallest absolute Gasteiger partial charge is 0.223 e. The lowest BCUT2D eigenvalue weighted by atomic mass is 10.1. The van der Waals surface area contributed by atoms with E-state index in [0.717, 1.165) is 41.3 Å². The van der Waals surface area contributed by atoms with Gasteiger partial charge in [0, 0.05) is 36.5 Å². The fourth-order valence-electron chi connectivity index (χ4n) is 3.18. The Morgan fingerprint density at radius 1 is 1.21 bits per heavy atom. The highest BCUT2D eigenvalue weighted by atomic mass is 32.1. The summed E-state index contributed by atoms with van der Waals surface area (Å²) in [5, 5.41) is 3.25. The summed E-state index contributed by atoms with van der Waals surface area (Å²) in [6.45, 7) is 2.41. The third-order valence-electron chi connectivity index (χ3n) is 4.40. The Hall–Kier alpha value is -2.46. The summed E-state index contributed by atoms with van der Waals surface area (Å²) in [6, 6.07) is 16.7. The predicted octanol–water partition coefficient (Wildman–Crippen LogP) is 4.31. The second kappa shape index (κ2) is 6.21. The number of rotatable bonds is 3. The van der Waals surface area contributed by atoms with Crippen LogP contribution in [0.15, 0.2) is 53.9 Å². The van der Waals surface area contributed by atoms with E-state index in [1.807, 2.05) is 11.0 Å². The number of anilines is 1. The normalized spacial score (nSPS) is 13.1. The predicted molar refractivity (Wildman–Crippen MR) is 98.5 cm³/mol. The van der Waals surface area contributed by atoms with E-state index in [1.54, 1.807) is 18.3 Å². The van der Waals surface area contributed by atoms with Crippen LogP contribution in [-0.2, 0) is 17.6 Å². The van der Waals surface area contributed by atoms with Gasteiger partial charge in [0.15, 0.2) is 0 Å². The van der Waals surface area contributed by atoms with Crippen molar-refractivity contribution in [2.24, 2.45) is 0 Å². The molecule has 3 aromatic rings. The van der Waals surface area contributed by atoms with Crippen molar-refractivity contribution in [1.29, 1.82) is 0 Å². The van der Waals surface area contributed by atoms with Gasteiger partial charge in [-0.1, -0.05) is 36.4 Å². The third kappa shape index (κ3) is 2.85. The van der Waals surface area contributed by atoms with Crippen LogP contribution in [0.4, 0.5) is 5.69 Å². The fraction of sp³-hybridized carbons (Fsp3) is 0.200. The molecule has 0 bridgehead atoms. The number of benzene rings is 2. The summed E-state index contributed by atoms with van der Waals surface area (Å²) >= 11 is 1.70. The molecule has 4 heteroatoms. The van der Waals surface area contributed by atoms with Crippen molar-refractivity contribution in [3.8, 4) is 11.3 Å². The highest BCUT2D eigenvalue weighted by molar-refractivity contribution is 7.10. The Balaban J connectivity index is 1.58. The molecule has 120 valence electrons. The van der Waals surface area contributed by atoms with Gasteiger partial charge in [-0.3, -0.25) is 4.79 Å². The molecule has 3 nitrogen and oxygen atoms in total. The van der Waals surface area contributed by atoms with E-state index in [-0.39, 0.29) is 5.91 Å². The Morgan fingerprint density at radius 2 is 2.04 bits per heavy atom. The van der Waals surface area contributed by atoms with Gasteiger partial charge in [0.05, 0.1) is 10.7 Å². The van der Waals surface area contributed by atoms with Gasteiger partial charge in [0.1, 0.15) is 0 Å². The largest absolute Gasteiger partial charge is 0.312 e. The van der Waals surface area contributed by atoms with E-state index in [9.17, 15) is 4.79 Å². The maximum Gasteiger partial charge on any atom is 0.223 e. The van der Waals surface area contributed by atoms with Crippen LogP contribution >= 0.6 is 11.3 Å². The van der Waals surface area contributed by atoms with Gasteiger partial charge >= 0.3 is 0 Å². The average molecular weight is 334 g/mol. The van der Waals surface area contributed by atoms with E-state index in [4.69, 9.17) is 4.98 Å². The molecule has 1 aromatic heterocycles. The van der Waals surface area contributed by atoms with Crippen LogP contribution < -0.4 is 4.90 Å². The molecule has 0 saturated carbocycles. The molecular weight excluding hydrogens is 316 g/mol. The Bertz CT molecular complexity index is 886. The number of carbonyl (C=O) groups excluding carboxylic acids is 1. The Kier molecular flexibility index (Phi) is 3.90. The van der Waals surface area contributed by atoms with Gasteiger partial charge in [-0.15, -0.1) is 11.3 Å². The van der Waals surface area contributed by atoms with E-state index in [2.05, 4.69) is 47.8 Å². The molecule has 0 saturated heterocycles. The Morgan fingerprint density at radius 3 is 2.83 bits per heavy atom. The van der Waals surface area contributed by atoms with Crippen molar-refractivity contribution < 1.29 is 4.79 Å². The zero-order valence-corrected chi connectivity index (χ0v) is 14.3. The maximum absolute atomic E-state index is 11.7. The molecule has 1 aliphatic heterocycles. The molecule has 0 radical (unpaired) electrons. The number of fused-ring (bicyclic) bond motifs is 1. The molecule has 2 heterocycles. The number of amides is 1. The molecule has 1 aliphatic rings.